The Balaban J connectivity index is 1.81. The van der Waals surface area contributed by atoms with E-state index >= 15 is 0 Å². The molecule has 2 unspecified atom stereocenters. The van der Waals surface area contributed by atoms with Crippen LogP contribution in [0.1, 0.15) is 45.9 Å². The van der Waals surface area contributed by atoms with Crippen LogP contribution in [0.15, 0.2) is 0 Å². The maximum Gasteiger partial charge on any atom is 0.202 e. The lowest BCUT2D eigenvalue weighted by Gasteiger charge is -2.11. The molecular formula is C13H23N3S2. The monoisotopic (exact) mass is 285 g/mol. The van der Waals surface area contributed by atoms with Crippen molar-refractivity contribution < 1.29 is 0 Å². The van der Waals surface area contributed by atoms with Gasteiger partial charge in [0.1, 0.15) is 5.82 Å². The molecule has 0 bridgehead atoms. The van der Waals surface area contributed by atoms with E-state index in [0.29, 0.717) is 12.0 Å². The van der Waals surface area contributed by atoms with Crippen molar-refractivity contribution in [2.75, 3.05) is 11.1 Å². The van der Waals surface area contributed by atoms with Crippen molar-refractivity contribution in [2.24, 2.45) is 5.92 Å². The molecule has 1 aromatic heterocycles. The van der Waals surface area contributed by atoms with Gasteiger partial charge in [0.25, 0.3) is 0 Å². The first kappa shape index (κ1) is 14.1. The number of nitrogens with zero attached hydrogens (tertiary/aromatic N) is 2. The Hall–Kier alpha value is -0.290. The highest BCUT2D eigenvalue weighted by molar-refractivity contribution is 7.99. The van der Waals surface area contributed by atoms with Crippen LogP contribution in [0.25, 0.3) is 0 Å². The first-order valence-corrected chi connectivity index (χ1v) is 8.70. The summed E-state index contributed by atoms with van der Waals surface area (Å²) in [6.07, 6.45) is 4.87. The molecule has 3 nitrogen and oxygen atoms in total. The van der Waals surface area contributed by atoms with Crippen molar-refractivity contribution in [2.45, 2.75) is 57.7 Å². The quantitative estimate of drug-likeness (QED) is 0.862. The van der Waals surface area contributed by atoms with Crippen LogP contribution in [-0.4, -0.2) is 26.4 Å². The van der Waals surface area contributed by atoms with Crippen LogP contribution in [0.5, 0.6) is 0 Å². The summed E-state index contributed by atoms with van der Waals surface area (Å²) in [5.41, 5.74) is 0. The van der Waals surface area contributed by atoms with Gasteiger partial charge in [0.2, 0.25) is 5.13 Å². The largest absolute Gasteiger partial charge is 0.358 e. The number of rotatable bonds is 6. The molecule has 1 aliphatic rings. The zero-order valence-electron chi connectivity index (χ0n) is 11.5. The Morgan fingerprint density at radius 1 is 1.44 bits per heavy atom. The second-order valence-corrected chi connectivity index (χ2v) is 7.67. The highest BCUT2D eigenvalue weighted by atomic mass is 32.2. The average molecular weight is 285 g/mol. The van der Waals surface area contributed by atoms with E-state index in [-0.39, 0.29) is 0 Å². The van der Waals surface area contributed by atoms with Crippen molar-refractivity contribution in [1.29, 1.82) is 0 Å². The molecule has 2 rings (SSSR count). The van der Waals surface area contributed by atoms with Gasteiger partial charge < -0.3 is 5.32 Å². The third kappa shape index (κ3) is 4.12. The van der Waals surface area contributed by atoms with Gasteiger partial charge in [-0.1, -0.05) is 20.8 Å². The van der Waals surface area contributed by atoms with Crippen LogP contribution in [0.4, 0.5) is 5.13 Å². The molecule has 1 aromatic rings. The zero-order valence-corrected chi connectivity index (χ0v) is 13.1. The lowest BCUT2D eigenvalue weighted by atomic mass is 10.1. The molecular weight excluding hydrogens is 262 g/mol. The third-order valence-corrected chi connectivity index (χ3v) is 5.09. The number of hydrogen-bond acceptors (Lipinski definition) is 5. The summed E-state index contributed by atoms with van der Waals surface area (Å²) >= 11 is 3.61. The molecule has 0 saturated heterocycles. The average Bonchev–Trinajstić information content (AvgIpc) is 2.89. The van der Waals surface area contributed by atoms with Crippen LogP contribution in [0, 0.1) is 5.92 Å². The van der Waals surface area contributed by atoms with E-state index in [9.17, 15) is 0 Å². The first-order valence-electron chi connectivity index (χ1n) is 6.88. The van der Waals surface area contributed by atoms with Gasteiger partial charge in [0, 0.05) is 29.2 Å². The highest BCUT2D eigenvalue weighted by Crippen LogP contribution is 2.31. The number of hydrogen-bond donors (Lipinski definition) is 1. The van der Waals surface area contributed by atoms with Gasteiger partial charge in [0.15, 0.2) is 0 Å². The second-order valence-electron chi connectivity index (χ2n) is 5.35. The molecule has 1 aliphatic carbocycles. The van der Waals surface area contributed by atoms with E-state index in [2.05, 4.69) is 47.2 Å². The topological polar surface area (TPSA) is 37.8 Å². The fraction of sp³-hybridized carbons (Fsp3) is 0.846. The van der Waals surface area contributed by atoms with Gasteiger partial charge in [0.05, 0.1) is 0 Å². The van der Waals surface area contributed by atoms with Crippen molar-refractivity contribution in [1.82, 2.24) is 9.36 Å². The van der Waals surface area contributed by atoms with Crippen LogP contribution in [0.2, 0.25) is 0 Å². The predicted molar refractivity (Wildman–Crippen MR) is 81.6 cm³/mol. The van der Waals surface area contributed by atoms with Gasteiger partial charge in [-0.05, 0) is 30.9 Å². The standard InChI is InChI=1S/C13H23N3S2/c1-4-17-11-6-5-10(8-11)14-13-15-12(16-18-13)7-9(2)3/h9-11H,4-8H2,1-3H3,(H,14,15,16). The minimum absolute atomic E-state index is 0.605. The molecule has 1 saturated carbocycles. The molecule has 18 heavy (non-hydrogen) atoms. The summed E-state index contributed by atoms with van der Waals surface area (Å²) in [6.45, 7) is 6.66. The Morgan fingerprint density at radius 3 is 3.00 bits per heavy atom. The zero-order chi connectivity index (χ0) is 13.0. The Morgan fingerprint density at radius 2 is 2.28 bits per heavy atom. The number of aromatic nitrogens is 2. The smallest absolute Gasteiger partial charge is 0.202 e. The molecule has 0 radical (unpaired) electrons. The van der Waals surface area contributed by atoms with Crippen LogP contribution in [0.3, 0.4) is 0 Å². The lowest BCUT2D eigenvalue weighted by molar-refractivity contribution is 0.627. The Labute approximate surface area is 118 Å². The van der Waals surface area contributed by atoms with Crippen LogP contribution in [-0.2, 0) is 6.42 Å². The van der Waals surface area contributed by atoms with Gasteiger partial charge in [-0.15, -0.1) is 0 Å². The maximum atomic E-state index is 4.57. The first-order chi connectivity index (χ1) is 8.67. The van der Waals surface area contributed by atoms with E-state index < -0.39 is 0 Å². The van der Waals surface area contributed by atoms with Crippen molar-refractivity contribution in [3.63, 3.8) is 0 Å². The predicted octanol–water partition coefficient (Wildman–Crippen LogP) is 3.82. The van der Waals surface area contributed by atoms with Crippen molar-refractivity contribution >= 4 is 28.4 Å². The molecule has 1 N–H and O–H groups in total. The third-order valence-electron chi connectivity index (χ3n) is 3.17. The summed E-state index contributed by atoms with van der Waals surface area (Å²) in [5, 5.41) is 5.41. The fourth-order valence-electron chi connectivity index (χ4n) is 2.39. The van der Waals surface area contributed by atoms with Gasteiger partial charge >= 0.3 is 0 Å². The van der Waals surface area contributed by atoms with Crippen LogP contribution >= 0.6 is 23.3 Å². The van der Waals surface area contributed by atoms with Crippen molar-refractivity contribution in [3.8, 4) is 0 Å². The number of thioether (sulfide) groups is 1. The molecule has 0 amide bonds. The summed E-state index contributed by atoms with van der Waals surface area (Å²) in [4.78, 5) is 4.57. The Kier molecular flexibility index (Phi) is 5.30. The normalized spacial score (nSPS) is 23.8. The molecule has 102 valence electrons. The summed E-state index contributed by atoms with van der Waals surface area (Å²) in [7, 11) is 0. The van der Waals surface area contributed by atoms with E-state index in [0.717, 1.165) is 22.6 Å². The summed E-state index contributed by atoms with van der Waals surface area (Å²) < 4.78 is 4.42. The minimum Gasteiger partial charge on any atom is -0.358 e. The molecule has 2 atom stereocenters. The minimum atomic E-state index is 0.605. The molecule has 1 fully saturated rings. The number of anilines is 1. The van der Waals surface area contributed by atoms with E-state index in [1.807, 2.05) is 0 Å². The van der Waals surface area contributed by atoms with Crippen LogP contribution < -0.4 is 5.32 Å². The fourth-order valence-corrected chi connectivity index (χ4v) is 4.21. The maximum absolute atomic E-state index is 4.57. The molecule has 0 aromatic carbocycles. The van der Waals surface area contributed by atoms with E-state index in [1.165, 1.54) is 36.5 Å². The second kappa shape index (κ2) is 6.75. The molecule has 0 spiro atoms. The summed E-state index contributed by atoms with van der Waals surface area (Å²) in [5.74, 6) is 2.86. The van der Waals surface area contributed by atoms with E-state index in [1.54, 1.807) is 0 Å². The number of nitrogens with one attached hydrogen (secondary N) is 1. The van der Waals surface area contributed by atoms with Gasteiger partial charge in [-0.2, -0.15) is 16.1 Å². The molecule has 5 heteroatoms. The molecule has 1 heterocycles. The lowest BCUT2D eigenvalue weighted by Crippen LogP contribution is -2.15. The SMILES string of the molecule is CCSC1CCC(Nc2nc(CC(C)C)ns2)C1. The summed E-state index contributed by atoms with van der Waals surface area (Å²) in [6, 6.07) is 0.605. The van der Waals surface area contributed by atoms with Gasteiger partial charge in [-0.3, -0.25) is 0 Å². The highest BCUT2D eigenvalue weighted by Gasteiger charge is 2.25. The van der Waals surface area contributed by atoms with E-state index in [4.69, 9.17) is 0 Å². The van der Waals surface area contributed by atoms with Crippen molar-refractivity contribution in [3.05, 3.63) is 5.82 Å². The van der Waals surface area contributed by atoms with Gasteiger partial charge in [-0.25, -0.2) is 4.98 Å². The Bertz CT molecular complexity index is 365. The molecule has 0 aliphatic heterocycles.